The zero-order chi connectivity index (χ0) is 22.4. The molecule has 0 radical (unpaired) electrons. The molecule has 0 unspecified atom stereocenters. The highest BCUT2D eigenvalue weighted by molar-refractivity contribution is 5.26. The minimum Gasteiger partial charge on any atom is -0.497 e. The Bertz CT molecular complexity index is 656. The van der Waals surface area contributed by atoms with Crippen LogP contribution in [-0.2, 0) is 20.8 Å². The average molecular weight is 421 g/mol. The third-order valence-electron chi connectivity index (χ3n) is 6.02. The first-order valence-corrected chi connectivity index (χ1v) is 11.1. The molecule has 0 saturated carbocycles. The Balaban J connectivity index is 1.96. The fraction of sp³-hybridized carbons (Fsp3) is 0.680. The number of ether oxygens (including phenoxy) is 4. The molecule has 0 aliphatic carbocycles. The van der Waals surface area contributed by atoms with Gasteiger partial charge in [-0.25, -0.2) is 0 Å². The van der Waals surface area contributed by atoms with E-state index in [0.717, 1.165) is 30.6 Å². The monoisotopic (exact) mass is 420 g/mol. The summed E-state index contributed by atoms with van der Waals surface area (Å²) in [4.78, 5) is 0. The Morgan fingerprint density at radius 3 is 2.47 bits per heavy atom. The third kappa shape index (κ3) is 7.09. The summed E-state index contributed by atoms with van der Waals surface area (Å²) in [6, 6.07) is 7.82. The molecule has 5 heteroatoms. The van der Waals surface area contributed by atoms with Crippen molar-refractivity contribution < 1.29 is 24.1 Å². The molecule has 5 nitrogen and oxygen atoms in total. The van der Waals surface area contributed by atoms with Crippen molar-refractivity contribution in [3.63, 3.8) is 0 Å². The maximum Gasteiger partial charge on any atom is 0.173 e. The van der Waals surface area contributed by atoms with Gasteiger partial charge in [-0.3, -0.25) is 0 Å². The van der Waals surface area contributed by atoms with Crippen LogP contribution in [0.2, 0.25) is 0 Å². The molecule has 0 amide bonds. The minimum absolute atomic E-state index is 0.00558. The van der Waals surface area contributed by atoms with E-state index in [2.05, 4.69) is 20.4 Å². The van der Waals surface area contributed by atoms with Crippen LogP contribution in [0.1, 0.15) is 65.9 Å². The van der Waals surface area contributed by atoms with Gasteiger partial charge in [0.05, 0.1) is 25.9 Å². The van der Waals surface area contributed by atoms with Crippen molar-refractivity contribution in [3.8, 4) is 5.75 Å². The second-order valence-corrected chi connectivity index (χ2v) is 9.12. The van der Waals surface area contributed by atoms with Gasteiger partial charge in [-0.2, -0.15) is 0 Å². The zero-order valence-corrected chi connectivity index (χ0v) is 19.5. The van der Waals surface area contributed by atoms with Gasteiger partial charge in [0.1, 0.15) is 5.75 Å². The van der Waals surface area contributed by atoms with Gasteiger partial charge in [0, 0.05) is 12.3 Å². The highest BCUT2D eigenvalue weighted by Crippen LogP contribution is 2.40. The Hall–Kier alpha value is -1.40. The predicted molar refractivity (Wildman–Crippen MR) is 119 cm³/mol. The van der Waals surface area contributed by atoms with Crippen LogP contribution in [-0.4, -0.2) is 36.0 Å². The lowest BCUT2D eigenvalue weighted by Gasteiger charge is -2.49. The van der Waals surface area contributed by atoms with Crippen molar-refractivity contribution in [1.82, 2.24) is 0 Å². The van der Waals surface area contributed by atoms with Gasteiger partial charge in [-0.05, 0) is 57.2 Å². The van der Waals surface area contributed by atoms with E-state index >= 15 is 0 Å². The van der Waals surface area contributed by atoms with Crippen molar-refractivity contribution in [2.45, 2.75) is 90.7 Å². The van der Waals surface area contributed by atoms with Gasteiger partial charge in [-0.15, -0.1) is 6.58 Å². The number of aliphatic hydroxyl groups is 1. The molecular weight excluding hydrogens is 380 g/mol. The van der Waals surface area contributed by atoms with Crippen LogP contribution >= 0.6 is 0 Å². The van der Waals surface area contributed by atoms with Gasteiger partial charge in [0.2, 0.25) is 0 Å². The molecule has 1 N–H and O–H groups in total. The normalized spacial score (nSPS) is 26.6. The van der Waals surface area contributed by atoms with Crippen LogP contribution in [0.15, 0.2) is 36.9 Å². The van der Waals surface area contributed by atoms with Gasteiger partial charge < -0.3 is 24.1 Å². The van der Waals surface area contributed by atoms with E-state index in [9.17, 15) is 5.11 Å². The first-order valence-electron chi connectivity index (χ1n) is 11.1. The number of benzene rings is 1. The van der Waals surface area contributed by atoms with E-state index in [-0.39, 0.29) is 18.1 Å². The van der Waals surface area contributed by atoms with Crippen molar-refractivity contribution in [2.75, 3.05) is 7.11 Å². The lowest BCUT2D eigenvalue weighted by atomic mass is 9.87. The van der Waals surface area contributed by atoms with Crippen molar-refractivity contribution in [2.24, 2.45) is 11.8 Å². The SMILES string of the molecule is C=C[C@@H](C)CCC[C@@H](C)[C@@]1(O)C[C@@H]([C@H](C)OCc2ccc(OC)cc2)OC(C)(C)O1. The standard InChI is InChI=1S/C25H40O5/c1-8-18(2)10-9-11-19(3)25(26)16-23(29-24(5,6)30-25)20(4)28-17-21-12-14-22(27-7)15-13-21/h8,12-15,18-20,23,26H,1,9-11,16-17H2,2-7H3/t18-,19-,20+,23+,25-/m1/s1. The fourth-order valence-electron chi connectivity index (χ4n) is 3.90. The van der Waals surface area contributed by atoms with Crippen LogP contribution in [0.5, 0.6) is 5.75 Å². The lowest BCUT2D eigenvalue weighted by molar-refractivity contribution is -0.411. The lowest BCUT2D eigenvalue weighted by Crippen LogP contribution is -2.57. The summed E-state index contributed by atoms with van der Waals surface area (Å²) < 4.78 is 23.4. The number of methoxy groups -OCH3 is 1. The molecule has 1 heterocycles. The Kier molecular flexibility index (Phi) is 8.92. The molecule has 0 spiro atoms. The summed E-state index contributed by atoms with van der Waals surface area (Å²) >= 11 is 0. The molecule has 1 aromatic rings. The average Bonchev–Trinajstić information content (AvgIpc) is 2.70. The predicted octanol–water partition coefficient (Wildman–Crippen LogP) is 5.46. The summed E-state index contributed by atoms with van der Waals surface area (Å²) in [7, 11) is 1.65. The van der Waals surface area contributed by atoms with Crippen LogP contribution < -0.4 is 4.74 Å². The van der Waals surface area contributed by atoms with E-state index in [0.29, 0.717) is 18.9 Å². The van der Waals surface area contributed by atoms with E-state index in [4.69, 9.17) is 18.9 Å². The van der Waals surface area contributed by atoms with Gasteiger partial charge >= 0.3 is 0 Å². The summed E-state index contributed by atoms with van der Waals surface area (Å²) in [6.07, 6.45) is 4.90. The summed E-state index contributed by atoms with van der Waals surface area (Å²) in [5, 5.41) is 11.4. The number of rotatable bonds is 11. The molecule has 30 heavy (non-hydrogen) atoms. The van der Waals surface area contributed by atoms with Crippen LogP contribution in [0.4, 0.5) is 0 Å². The largest absolute Gasteiger partial charge is 0.497 e. The Morgan fingerprint density at radius 1 is 1.20 bits per heavy atom. The van der Waals surface area contributed by atoms with Gasteiger partial charge in [-0.1, -0.05) is 38.5 Å². The van der Waals surface area contributed by atoms with Crippen molar-refractivity contribution in [3.05, 3.63) is 42.5 Å². The van der Waals surface area contributed by atoms with Crippen molar-refractivity contribution in [1.29, 1.82) is 0 Å². The molecular formula is C25H40O5. The summed E-state index contributed by atoms with van der Waals surface area (Å²) in [6.45, 7) is 14.2. The maximum absolute atomic E-state index is 11.4. The maximum atomic E-state index is 11.4. The molecule has 1 aliphatic heterocycles. The van der Waals surface area contributed by atoms with Gasteiger partial charge in [0.15, 0.2) is 11.6 Å². The second-order valence-electron chi connectivity index (χ2n) is 9.12. The molecule has 0 bridgehead atoms. The van der Waals surface area contributed by atoms with E-state index < -0.39 is 11.6 Å². The summed E-state index contributed by atoms with van der Waals surface area (Å²) in [5.41, 5.74) is 1.06. The molecule has 1 saturated heterocycles. The quantitative estimate of drug-likeness (QED) is 0.482. The Morgan fingerprint density at radius 2 is 1.87 bits per heavy atom. The highest BCUT2D eigenvalue weighted by Gasteiger charge is 2.49. The molecule has 2 rings (SSSR count). The first-order chi connectivity index (χ1) is 14.1. The minimum atomic E-state index is -1.23. The molecule has 0 aromatic heterocycles. The van der Waals surface area contributed by atoms with E-state index in [1.54, 1.807) is 7.11 Å². The van der Waals surface area contributed by atoms with Crippen LogP contribution in [0, 0.1) is 11.8 Å². The van der Waals surface area contributed by atoms with Crippen LogP contribution in [0.25, 0.3) is 0 Å². The Labute approximate surface area is 182 Å². The highest BCUT2D eigenvalue weighted by atomic mass is 16.8. The van der Waals surface area contributed by atoms with Crippen LogP contribution in [0.3, 0.4) is 0 Å². The second kappa shape index (κ2) is 10.8. The number of allylic oxidation sites excluding steroid dienone is 1. The molecule has 1 aromatic carbocycles. The number of hydrogen-bond donors (Lipinski definition) is 1. The summed E-state index contributed by atoms with van der Waals surface area (Å²) in [5.74, 6) is -0.811. The fourth-order valence-corrected chi connectivity index (χ4v) is 3.90. The molecule has 170 valence electrons. The molecule has 5 atom stereocenters. The zero-order valence-electron chi connectivity index (χ0n) is 19.5. The number of hydrogen-bond acceptors (Lipinski definition) is 5. The first kappa shape index (κ1) is 24.9. The van der Waals surface area contributed by atoms with Crippen molar-refractivity contribution >= 4 is 0 Å². The molecule has 1 aliphatic rings. The van der Waals surface area contributed by atoms with E-state index in [1.165, 1.54) is 0 Å². The topological polar surface area (TPSA) is 57.2 Å². The van der Waals surface area contributed by atoms with Gasteiger partial charge in [0.25, 0.3) is 0 Å². The van der Waals surface area contributed by atoms with E-state index in [1.807, 2.05) is 51.1 Å². The third-order valence-corrected chi connectivity index (χ3v) is 6.02. The smallest absolute Gasteiger partial charge is 0.173 e. The molecule has 1 fully saturated rings.